The van der Waals surface area contributed by atoms with Gasteiger partial charge in [-0.05, 0) is 37.1 Å². The summed E-state index contributed by atoms with van der Waals surface area (Å²) in [5, 5.41) is 12.1. The van der Waals surface area contributed by atoms with Crippen LogP contribution in [0.15, 0.2) is 48.5 Å². The maximum atomic E-state index is 12.8. The molecule has 3 aromatic rings. The Morgan fingerprint density at radius 2 is 1.90 bits per heavy atom. The van der Waals surface area contributed by atoms with Crippen molar-refractivity contribution < 1.29 is 14.3 Å². The molecule has 8 heteroatoms. The Kier molecular flexibility index (Phi) is 7.72. The number of nitrogens with zero attached hydrogens (tertiary/aromatic N) is 3. The normalized spacial score (nSPS) is 10.5. The fourth-order valence-corrected chi connectivity index (χ4v) is 3.85. The Bertz CT molecular complexity index is 1030. The SMILES string of the molecule is CCCN(CC(=O)Nc1nnc(-c2cccc(C)c2)s1)C(=O)Cc1ccc(OC)cc1. The van der Waals surface area contributed by atoms with Gasteiger partial charge in [0.2, 0.25) is 16.9 Å². The highest BCUT2D eigenvalue weighted by Crippen LogP contribution is 2.26. The second-order valence-corrected chi connectivity index (χ2v) is 8.15. The Hall–Kier alpha value is -3.26. The van der Waals surface area contributed by atoms with Crippen LogP contribution in [0.1, 0.15) is 24.5 Å². The van der Waals surface area contributed by atoms with Gasteiger partial charge in [0.05, 0.1) is 20.1 Å². The number of rotatable bonds is 9. The van der Waals surface area contributed by atoms with Crippen molar-refractivity contribution in [1.29, 1.82) is 0 Å². The third-order valence-electron chi connectivity index (χ3n) is 4.63. The molecule has 3 rings (SSSR count). The second-order valence-electron chi connectivity index (χ2n) is 7.17. The van der Waals surface area contributed by atoms with Crippen molar-refractivity contribution in [2.45, 2.75) is 26.7 Å². The second kappa shape index (κ2) is 10.7. The summed E-state index contributed by atoms with van der Waals surface area (Å²) in [5.74, 6) is 0.353. The number of benzene rings is 2. The minimum atomic E-state index is -0.288. The van der Waals surface area contributed by atoms with Crippen LogP contribution in [0.25, 0.3) is 10.6 Å². The van der Waals surface area contributed by atoms with Gasteiger partial charge in [-0.25, -0.2) is 0 Å². The summed E-state index contributed by atoms with van der Waals surface area (Å²) in [4.78, 5) is 26.9. The molecule has 1 heterocycles. The number of ether oxygens (including phenoxy) is 1. The van der Waals surface area contributed by atoms with Crippen LogP contribution in [-0.2, 0) is 16.0 Å². The lowest BCUT2D eigenvalue weighted by Gasteiger charge is -2.21. The van der Waals surface area contributed by atoms with Crippen LogP contribution in [0.3, 0.4) is 0 Å². The third kappa shape index (κ3) is 6.36. The van der Waals surface area contributed by atoms with Crippen LogP contribution in [0.2, 0.25) is 0 Å². The van der Waals surface area contributed by atoms with Gasteiger partial charge in [0.15, 0.2) is 0 Å². The molecule has 0 spiro atoms. The molecule has 1 N–H and O–H groups in total. The molecule has 0 bridgehead atoms. The van der Waals surface area contributed by atoms with Crippen LogP contribution in [-0.4, -0.2) is 47.1 Å². The molecule has 0 atom stereocenters. The van der Waals surface area contributed by atoms with Crippen molar-refractivity contribution in [2.24, 2.45) is 0 Å². The summed E-state index contributed by atoms with van der Waals surface area (Å²) in [7, 11) is 1.60. The largest absolute Gasteiger partial charge is 0.497 e. The molecule has 0 fully saturated rings. The molecule has 0 aliphatic heterocycles. The predicted octanol–water partition coefficient (Wildman–Crippen LogP) is 3.94. The quantitative estimate of drug-likeness (QED) is 0.547. The summed E-state index contributed by atoms with van der Waals surface area (Å²) in [6.07, 6.45) is 0.992. The van der Waals surface area contributed by atoms with Crippen molar-refractivity contribution in [3.63, 3.8) is 0 Å². The Morgan fingerprint density at radius 1 is 1.13 bits per heavy atom. The summed E-state index contributed by atoms with van der Waals surface area (Å²) < 4.78 is 5.15. The van der Waals surface area contributed by atoms with E-state index >= 15 is 0 Å². The molecule has 2 aromatic carbocycles. The lowest BCUT2D eigenvalue weighted by Crippen LogP contribution is -2.39. The lowest BCUT2D eigenvalue weighted by atomic mass is 10.1. The van der Waals surface area contributed by atoms with E-state index in [0.717, 1.165) is 33.9 Å². The maximum Gasteiger partial charge on any atom is 0.245 e. The molecule has 0 saturated heterocycles. The van der Waals surface area contributed by atoms with Crippen molar-refractivity contribution in [2.75, 3.05) is 25.5 Å². The number of hydrogen-bond acceptors (Lipinski definition) is 6. The van der Waals surface area contributed by atoms with Crippen molar-refractivity contribution in [3.05, 3.63) is 59.7 Å². The standard InChI is InChI=1S/C23H26N4O3S/c1-4-12-27(21(29)14-17-8-10-19(30-3)11-9-17)15-20(28)24-23-26-25-22(31-23)18-7-5-6-16(2)13-18/h5-11,13H,4,12,14-15H2,1-3H3,(H,24,26,28). The first-order valence-corrected chi connectivity index (χ1v) is 10.9. The van der Waals surface area contributed by atoms with Crippen LogP contribution >= 0.6 is 11.3 Å². The van der Waals surface area contributed by atoms with E-state index in [1.807, 2.05) is 62.4 Å². The summed E-state index contributed by atoms with van der Waals surface area (Å²) >= 11 is 1.31. The number of nitrogens with one attached hydrogen (secondary N) is 1. The zero-order valence-corrected chi connectivity index (χ0v) is 18.7. The average molecular weight is 439 g/mol. The molecule has 31 heavy (non-hydrogen) atoms. The Morgan fingerprint density at radius 3 is 2.58 bits per heavy atom. The van der Waals surface area contributed by atoms with E-state index in [-0.39, 0.29) is 24.8 Å². The smallest absolute Gasteiger partial charge is 0.245 e. The van der Waals surface area contributed by atoms with E-state index in [1.54, 1.807) is 12.0 Å². The first-order chi connectivity index (χ1) is 15.0. The van der Waals surface area contributed by atoms with E-state index in [9.17, 15) is 9.59 Å². The van der Waals surface area contributed by atoms with Crippen LogP contribution < -0.4 is 10.1 Å². The van der Waals surface area contributed by atoms with Crippen LogP contribution in [0.5, 0.6) is 5.75 Å². The topological polar surface area (TPSA) is 84.4 Å². The summed E-state index contributed by atoms with van der Waals surface area (Å²) in [5.41, 5.74) is 2.96. The number of methoxy groups -OCH3 is 1. The van der Waals surface area contributed by atoms with E-state index < -0.39 is 0 Å². The zero-order valence-electron chi connectivity index (χ0n) is 17.9. The monoisotopic (exact) mass is 438 g/mol. The highest BCUT2D eigenvalue weighted by molar-refractivity contribution is 7.18. The number of aromatic nitrogens is 2. The van der Waals surface area contributed by atoms with Gasteiger partial charge in [-0.3, -0.25) is 14.9 Å². The van der Waals surface area contributed by atoms with Crippen molar-refractivity contribution >= 4 is 28.3 Å². The fraction of sp³-hybridized carbons (Fsp3) is 0.304. The Labute approximate surface area is 186 Å². The number of aryl methyl sites for hydroxylation is 1. The number of carbonyl (C=O) groups excluding carboxylic acids is 2. The molecular formula is C23H26N4O3S. The van der Waals surface area contributed by atoms with Gasteiger partial charge >= 0.3 is 0 Å². The first-order valence-electron chi connectivity index (χ1n) is 10.1. The number of amides is 2. The summed E-state index contributed by atoms with van der Waals surface area (Å²) in [6.45, 7) is 4.47. The van der Waals surface area contributed by atoms with Crippen molar-refractivity contribution in [3.8, 4) is 16.3 Å². The maximum absolute atomic E-state index is 12.8. The fourth-order valence-electron chi connectivity index (χ4n) is 3.09. The molecule has 0 unspecified atom stereocenters. The molecule has 0 radical (unpaired) electrons. The minimum absolute atomic E-state index is 0.0256. The highest BCUT2D eigenvalue weighted by atomic mass is 32.1. The molecular weight excluding hydrogens is 412 g/mol. The van der Waals surface area contributed by atoms with Crippen LogP contribution in [0, 0.1) is 6.92 Å². The summed E-state index contributed by atoms with van der Waals surface area (Å²) in [6, 6.07) is 15.3. The van der Waals surface area contributed by atoms with Gasteiger partial charge in [0, 0.05) is 12.1 Å². The van der Waals surface area contributed by atoms with E-state index in [0.29, 0.717) is 11.7 Å². The minimum Gasteiger partial charge on any atom is -0.497 e. The number of hydrogen-bond donors (Lipinski definition) is 1. The van der Waals surface area contributed by atoms with Gasteiger partial charge < -0.3 is 9.64 Å². The first kappa shape index (κ1) is 22.4. The van der Waals surface area contributed by atoms with Gasteiger partial charge in [-0.15, -0.1) is 10.2 Å². The highest BCUT2D eigenvalue weighted by Gasteiger charge is 2.18. The van der Waals surface area contributed by atoms with E-state index in [1.165, 1.54) is 11.3 Å². The molecule has 0 aliphatic rings. The van der Waals surface area contributed by atoms with E-state index in [2.05, 4.69) is 15.5 Å². The van der Waals surface area contributed by atoms with Gasteiger partial charge in [0.1, 0.15) is 10.8 Å². The molecule has 7 nitrogen and oxygen atoms in total. The molecule has 2 amide bonds. The molecule has 0 aliphatic carbocycles. The average Bonchev–Trinajstić information content (AvgIpc) is 3.22. The lowest BCUT2D eigenvalue weighted by molar-refractivity contribution is -0.134. The van der Waals surface area contributed by atoms with Gasteiger partial charge in [-0.1, -0.05) is 54.2 Å². The molecule has 162 valence electrons. The Balaban J connectivity index is 1.60. The van der Waals surface area contributed by atoms with Gasteiger partial charge in [0.25, 0.3) is 0 Å². The number of anilines is 1. The zero-order chi connectivity index (χ0) is 22.2. The van der Waals surface area contributed by atoms with Crippen LogP contribution in [0.4, 0.5) is 5.13 Å². The third-order valence-corrected chi connectivity index (χ3v) is 5.52. The van der Waals surface area contributed by atoms with Gasteiger partial charge in [-0.2, -0.15) is 0 Å². The van der Waals surface area contributed by atoms with E-state index in [4.69, 9.17) is 4.74 Å². The molecule has 0 saturated carbocycles. The predicted molar refractivity (Wildman–Crippen MR) is 122 cm³/mol. The molecule has 1 aromatic heterocycles. The number of carbonyl (C=O) groups is 2. The van der Waals surface area contributed by atoms with Crippen molar-refractivity contribution in [1.82, 2.24) is 15.1 Å².